The van der Waals surface area contributed by atoms with E-state index in [0.717, 1.165) is 50.6 Å². The molecule has 7 heteroatoms. The van der Waals surface area contributed by atoms with Gasteiger partial charge in [-0.25, -0.2) is 9.37 Å². The number of aliphatic hydroxyl groups excluding tert-OH is 1. The number of halogens is 1. The molecule has 1 aliphatic rings. The minimum Gasteiger partial charge on any atom is -0.393 e. The Morgan fingerprint density at radius 2 is 1.96 bits per heavy atom. The molecule has 0 bridgehead atoms. The van der Waals surface area contributed by atoms with Crippen LogP contribution in [0.25, 0.3) is 11.3 Å². The highest BCUT2D eigenvalue weighted by atomic mass is 19.1. The van der Waals surface area contributed by atoms with Gasteiger partial charge in [0, 0.05) is 18.8 Å². The van der Waals surface area contributed by atoms with Crippen LogP contribution in [-0.2, 0) is 0 Å². The summed E-state index contributed by atoms with van der Waals surface area (Å²) in [5, 5.41) is 16.4. The zero-order valence-electron chi connectivity index (χ0n) is 15.1. The number of hydrogen-bond donors (Lipinski definition) is 3. The number of aromatic nitrogens is 3. The van der Waals surface area contributed by atoms with Crippen molar-refractivity contribution < 1.29 is 9.50 Å². The lowest BCUT2D eigenvalue weighted by Crippen LogP contribution is -2.29. The van der Waals surface area contributed by atoms with Gasteiger partial charge in [-0.15, -0.1) is 0 Å². The number of nitrogens with zero attached hydrogens (tertiary/aromatic N) is 3. The van der Waals surface area contributed by atoms with Crippen molar-refractivity contribution in [2.45, 2.75) is 57.6 Å². The van der Waals surface area contributed by atoms with E-state index in [1.165, 1.54) is 12.3 Å². The van der Waals surface area contributed by atoms with Gasteiger partial charge in [-0.2, -0.15) is 4.98 Å². The molecule has 0 saturated heterocycles. The fourth-order valence-corrected chi connectivity index (χ4v) is 3.09. The number of aliphatic hydroxyl groups is 1. The van der Waals surface area contributed by atoms with Crippen molar-refractivity contribution in [3.63, 3.8) is 0 Å². The number of nitrogens with one attached hydrogen (secondary N) is 2. The van der Waals surface area contributed by atoms with Gasteiger partial charge in [-0.1, -0.05) is 13.3 Å². The maximum Gasteiger partial charge on any atom is 0.224 e. The van der Waals surface area contributed by atoms with Gasteiger partial charge in [0.15, 0.2) is 0 Å². The molecule has 1 saturated carbocycles. The van der Waals surface area contributed by atoms with Crippen molar-refractivity contribution in [1.29, 1.82) is 0 Å². The Kier molecular flexibility index (Phi) is 6.33. The number of pyridine rings is 1. The standard InChI is InChI=1S/C19H26FN5O/c1-2-3-10-21-19-23-12-16(17-9-4-13(20)11-22-17)18(25-19)24-14-5-7-15(26)8-6-14/h4,9,11-12,14-15,26H,2-3,5-8,10H2,1H3,(H2,21,23,24,25). The van der Waals surface area contributed by atoms with Crippen molar-refractivity contribution in [1.82, 2.24) is 15.0 Å². The number of hydrogen-bond acceptors (Lipinski definition) is 6. The first-order valence-electron chi connectivity index (χ1n) is 9.33. The Balaban J connectivity index is 1.83. The van der Waals surface area contributed by atoms with Gasteiger partial charge in [-0.3, -0.25) is 4.98 Å². The van der Waals surface area contributed by atoms with Crippen LogP contribution in [0, 0.1) is 5.82 Å². The summed E-state index contributed by atoms with van der Waals surface area (Å²) in [4.78, 5) is 13.2. The summed E-state index contributed by atoms with van der Waals surface area (Å²) in [6, 6.07) is 3.26. The SMILES string of the molecule is CCCCNc1ncc(-c2ccc(F)cn2)c(NC2CCC(O)CC2)n1. The second kappa shape index (κ2) is 8.89. The molecule has 0 amide bonds. The second-order valence-electron chi connectivity index (χ2n) is 6.75. The van der Waals surface area contributed by atoms with Crippen LogP contribution >= 0.6 is 0 Å². The first-order chi connectivity index (χ1) is 12.7. The first kappa shape index (κ1) is 18.5. The molecule has 0 spiro atoms. The van der Waals surface area contributed by atoms with Crippen LogP contribution in [0.3, 0.4) is 0 Å². The van der Waals surface area contributed by atoms with Gasteiger partial charge in [-0.05, 0) is 44.2 Å². The quantitative estimate of drug-likeness (QED) is 0.655. The molecule has 0 radical (unpaired) electrons. The molecule has 0 atom stereocenters. The van der Waals surface area contributed by atoms with Crippen molar-refractivity contribution in [2.24, 2.45) is 0 Å². The first-order valence-corrected chi connectivity index (χ1v) is 9.33. The molecule has 6 nitrogen and oxygen atoms in total. The minimum absolute atomic E-state index is 0.206. The molecular weight excluding hydrogens is 333 g/mol. The summed E-state index contributed by atoms with van der Waals surface area (Å²) in [7, 11) is 0. The summed E-state index contributed by atoms with van der Waals surface area (Å²) in [6.45, 7) is 2.95. The highest BCUT2D eigenvalue weighted by Gasteiger charge is 2.21. The molecule has 0 aliphatic heterocycles. The van der Waals surface area contributed by atoms with Crippen LogP contribution in [0.1, 0.15) is 45.4 Å². The Hall–Kier alpha value is -2.28. The third-order valence-corrected chi connectivity index (χ3v) is 4.64. The van der Waals surface area contributed by atoms with Crippen LogP contribution in [0.4, 0.5) is 16.2 Å². The number of unbranched alkanes of at least 4 members (excludes halogenated alkanes) is 1. The second-order valence-corrected chi connectivity index (χ2v) is 6.75. The van der Waals surface area contributed by atoms with E-state index in [0.29, 0.717) is 17.5 Å². The van der Waals surface area contributed by atoms with E-state index in [1.807, 2.05) is 0 Å². The molecule has 0 unspecified atom stereocenters. The van der Waals surface area contributed by atoms with E-state index in [4.69, 9.17) is 0 Å². The molecule has 3 rings (SSSR count). The summed E-state index contributed by atoms with van der Waals surface area (Å²) < 4.78 is 13.2. The van der Waals surface area contributed by atoms with E-state index in [1.54, 1.807) is 12.3 Å². The molecule has 2 heterocycles. The highest BCUT2D eigenvalue weighted by molar-refractivity contribution is 5.72. The van der Waals surface area contributed by atoms with Gasteiger partial charge in [0.25, 0.3) is 0 Å². The van der Waals surface area contributed by atoms with Crippen molar-refractivity contribution in [3.8, 4) is 11.3 Å². The predicted molar refractivity (Wildman–Crippen MR) is 101 cm³/mol. The zero-order chi connectivity index (χ0) is 18.4. The summed E-state index contributed by atoms with van der Waals surface area (Å²) in [5.74, 6) is 0.894. The van der Waals surface area contributed by atoms with Crippen LogP contribution in [0.5, 0.6) is 0 Å². The summed E-state index contributed by atoms with van der Waals surface area (Å²) in [5.41, 5.74) is 1.38. The van der Waals surface area contributed by atoms with Crippen molar-refractivity contribution in [3.05, 3.63) is 30.3 Å². The van der Waals surface area contributed by atoms with Gasteiger partial charge in [0.2, 0.25) is 5.95 Å². The summed E-state index contributed by atoms with van der Waals surface area (Å²) in [6.07, 6.45) is 8.21. The highest BCUT2D eigenvalue weighted by Crippen LogP contribution is 2.28. The van der Waals surface area contributed by atoms with Gasteiger partial charge in [0.1, 0.15) is 11.6 Å². The third kappa shape index (κ3) is 4.88. The molecular formula is C19H26FN5O. The van der Waals surface area contributed by atoms with Crippen LogP contribution in [0.15, 0.2) is 24.5 Å². The van der Waals surface area contributed by atoms with E-state index in [-0.39, 0.29) is 18.0 Å². The molecule has 0 aromatic carbocycles. The Labute approximate surface area is 153 Å². The lowest BCUT2D eigenvalue weighted by Gasteiger charge is -2.27. The fourth-order valence-electron chi connectivity index (χ4n) is 3.09. The predicted octanol–water partition coefficient (Wildman–Crippen LogP) is 3.61. The van der Waals surface area contributed by atoms with Gasteiger partial charge in [0.05, 0.1) is 23.6 Å². The van der Waals surface area contributed by atoms with Crippen LogP contribution in [0.2, 0.25) is 0 Å². The van der Waals surface area contributed by atoms with E-state index in [2.05, 4.69) is 32.5 Å². The average Bonchev–Trinajstić information content (AvgIpc) is 2.65. The zero-order valence-corrected chi connectivity index (χ0v) is 15.1. The Morgan fingerprint density at radius 3 is 2.65 bits per heavy atom. The van der Waals surface area contributed by atoms with E-state index < -0.39 is 0 Å². The molecule has 26 heavy (non-hydrogen) atoms. The van der Waals surface area contributed by atoms with Crippen molar-refractivity contribution >= 4 is 11.8 Å². The lowest BCUT2D eigenvalue weighted by atomic mass is 9.93. The number of anilines is 2. The Bertz CT molecular complexity index is 702. The molecule has 3 N–H and O–H groups in total. The van der Waals surface area contributed by atoms with Gasteiger partial charge < -0.3 is 15.7 Å². The third-order valence-electron chi connectivity index (χ3n) is 4.64. The smallest absolute Gasteiger partial charge is 0.224 e. The number of rotatable bonds is 7. The molecule has 2 aromatic heterocycles. The summed E-state index contributed by atoms with van der Waals surface area (Å²) >= 11 is 0. The molecule has 140 valence electrons. The lowest BCUT2D eigenvalue weighted by molar-refractivity contribution is 0.126. The van der Waals surface area contributed by atoms with Crippen LogP contribution in [-0.4, -0.2) is 38.7 Å². The largest absolute Gasteiger partial charge is 0.393 e. The molecule has 1 fully saturated rings. The average molecular weight is 359 g/mol. The molecule has 2 aromatic rings. The van der Waals surface area contributed by atoms with E-state index in [9.17, 15) is 9.50 Å². The maximum absolute atomic E-state index is 13.2. The topological polar surface area (TPSA) is 83.0 Å². The Morgan fingerprint density at radius 1 is 1.15 bits per heavy atom. The molecule has 1 aliphatic carbocycles. The van der Waals surface area contributed by atoms with Crippen molar-refractivity contribution in [2.75, 3.05) is 17.2 Å². The van der Waals surface area contributed by atoms with Crippen LogP contribution < -0.4 is 10.6 Å². The maximum atomic E-state index is 13.2. The van der Waals surface area contributed by atoms with Gasteiger partial charge >= 0.3 is 0 Å². The van der Waals surface area contributed by atoms with E-state index >= 15 is 0 Å². The minimum atomic E-state index is -0.372. The fraction of sp³-hybridized carbons (Fsp3) is 0.526. The monoisotopic (exact) mass is 359 g/mol. The normalized spacial score (nSPS) is 20.0.